The molecule has 2 N–H and O–H groups in total. The molecule has 0 fully saturated rings. The van der Waals surface area contributed by atoms with E-state index < -0.39 is 0 Å². The second-order valence-corrected chi connectivity index (χ2v) is 5.51. The third-order valence-electron chi connectivity index (χ3n) is 3.47. The topological polar surface area (TPSA) is 66.9 Å². The lowest BCUT2D eigenvalue weighted by atomic mass is 10.1. The summed E-state index contributed by atoms with van der Waals surface area (Å²) >= 11 is 5.82. The summed E-state index contributed by atoms with van der Waals surface area (Å²) in [5.41, 5.74) is 2.83. The van der Waals surface area contributed by atoms with E-state index in [-0.39, 0.29) is 18.0 Å². The van der Waals surface area contributed by atoms with Gasteiger partial charge in [0.05, 0.1) is 17.5 Å². The summed E-state index contributed by atoms with van der Waals surface area (Å²) in [5, 5.41) is 3.46. The highest BCUT2D eigenvalue weighted by Crippen LogP contribution is 2.16. The number of anilines is 1. The molecule has 0 unspecified atom stereocenters. The van der Waals surface area contributed by atoms with Crippen molar-refractivity contribution < 1.29 is 4.79 Å². The molecule has 0 spiro atoms. The van der Waals surface area contributed by atoms with Crippen molar-refractivity contribution in [2.24, 2.45) is 7.05 Å². The number of carbonyl (C=O) groups excluding carboxylic acids is 1. The number of benzene rings is 2. The van der Waals surface area contributed by atoms with Crippen LogP contribution in [0.3, 0.4) is 0 Å². The fraction of sp³-hybridized carbons (Fsp3) is 0.125. The molecule has 3 aromatic rings. The molecule has 0 saturated carbocycles. The van der Waals surface area contributed by atoms with Gasteiger partial charge in [0.25, 0.3) is 0 Å². The van der Waals surface area contributed by atoms with Crippen molar-refractivity contribution in [3.05, 3.63) is 63.5 Å². The van der Waals surface area contributed by atoms with E-state index in [0.717, 1.165) is 11.1 Å². The maximum Gasteiger partial charge on any atom is 0.326 e. The Balaban J connectivity index is 1.76. The van der Waals surface area contributed by atoms with E-state index in [9.17, 15) is 9.59 Å². The molecule has 0 bridgehead atoms. The number of carbonyl (C=O) groups is 1. The van der Waals surface area contributed by atoms with Crippen LogP contribution in [0.1, 0.15) is 5.56 Å². The van der Waals surface area contributed by atoms with Gasteiger partial charge in [0.2, 0.25) is 5.91 Å². The summed E-state index contributed by atoms with van der Waals surface area (Å²) < 4.78 is 1.52. The minimum absolute atomic E-state index is 0.125. The number of amides is 1. The lowest BCUT2D eigenvalue weighted by Crippen LogP contribution is -2.14. The van der Waals surface area contributed by atoms with Gasteiger partial charge >= 0.3 is 5.69 Å². The van der Waals surface area contributed by atoms with Crippen molar-refractivity contribution in [3.63, 3.8) is 0 Å². The fourth-order valence-electron chi connectivity index (χ4n) is 2.31. The van der Waals surface area contributed by atoms with E-state index in [1.165, 1.54) is 4.57 Å². The molecular formula is C16H14ClN3O2. The third kappa shape index (κ3) is 2.89. The van der Waals surface area contributed by atoms with Crippen LogP contribution in [0.5, 0.6) is 0 Å². The lowest BCUT2D eigenvalue weighted by Gasteiger charge is -2.06. The number of aromatic nitrogens is 2. The van der Waals surface area contributed by atoms with Crippen molar-refractivity contribution in [1.29, 1.82) is 0 Å². The van der Waals surface area contributed by atoms with Crippen LogP contribution in [-0.4, -0.2) is 15.5 Å². The number of nitrogens with one attached hydrogen (secondary N) is 2. The van der Waals surface area contributed by atoms with Crippen LogP contribution >= 0.6 is 11.6 Å². The minimum Gasteiger partial charge on any atom is -0.326 e. The van der Waals surface area contributed by atoms with Gasteiger partial charge in [-0.25, -0.2) is 4.79 Å². The summed E-state index contributed by atoms with van der Waals surface area (Å²) in [6.07, 6.45) is 0.264. The highest BCUT2D eigenvalue weighted by atomic mass is 35.5. The van der Waals surface area contributed by atoms with Crippen molar-refractivity contribution in [1.82, 2.24) is 9.55 Å². The van der Waals surface area contributed by atoms with Crippen LogP contribution in [0.4, 0.5) is 5.69 Å². The molecule has 1 heterocycles. The van der Waals surface area contributed by atoms with Crippen molar-refractivity contribution in [3.8, 4) is 0 Å². The zero-order valence-electron chi connectivity index (χ0n) is 11.9. The third-order valence-corrected chi connectivity index (χ3v) is 3.72. The molecule has 0 saturated heterocycles. The summed E-state index contributed by atoms with van der Waals surface area (Å²) in [7, 11) is 1.69. The first kappa shape index (κ1) is 14.4. The molecule has 1 aromatic heterocycles. The average molecular weight is 316 g/mol. The Labute approximate surface area is 131 Å². The predicted molar refractivity (Wildman–Crippen MR) is 87.3 cm³/mol. The molecule has 0 radical (unpaired) electrons. The van der Waals surface area contributed by atoms with Gasteiger partial charge in [-0.1, -0.05) is 23.7 Å². The van der Waals surface area contributed by atoms with Gasteiger partial charge in [0, 0.05) is 17.8 Å². The maximum atomic E-state index is 12.1. The molecule has 3 rings (SSSR count). The Morgan fingerprint density at radius 3 is 2.68 bits per heavy atom. The Morgan fingerprint density at radius 1 is 1.23 bits per heavy atom. The zero-order chi connectivity index (χ0) is 15.7. The molecule has 1 amide bonds. The van der Waals surface area contributed by atoms with Gasteiger partial charge in [-0.2, -0.15) is 0 Å². The van der Waals surface area contributed by atoms with Gasteiger partial charge in [-0.15, -0.1) is 0 Å². The van der Waals surface area contributed by atoms with Crippen LogP contribution in [0.2, 0.25) is 5.02 Å². The Kier molecular flexibility index (Phi) is 3.73. The standard InChI is InChI=1S/C16H14ClN3O2/c1-20-14-7-6-12(9-13(14)19-16(20)22)18-15(21)8-10-2-4-11(17)5-3-10/h2-7,9H,8H2,1H3,(H,18,21)(H,19,22). The molecule has 0 aliphatic carbocycles. The average Bonchev–Trinajstić information content (AvgIpc) is 2.76. The largest absolute Gasteiger partial charge is 0.326 e. The Morgan fingerprint density at radius 2 is 1.95 bits per heavy atom. The molecule has 22 heavy (non-hydrogen) atoms. The first-order chi connectivity index (χ1) is 10.5. The fourth-order valence-corrected chi connectivity index (χ4v) is 2.43. The van der Waals surface area contributed by atoms with Gasteiger partial charge in [-0.05, 0) is 35.9 Å². The highest BCUT2D eigenvalue weighted by molar-refractivity contribution is 6.30. The monoisotopic (exact) mass is 315 g/mol. The van der Waals surface area contributed by atoms with Crippen LogP contribution in [0, 0.1) is 0 Å². The summed E-state index contributed by atoms with van der Waals surface area (Å²) in [6.45, 7) is 0. The first-order valence-corrected chi connectivity index (χ1v) is 7.14. The number of rotatable bonds is 3. The number of H-pyrrole nitrogens is 1. The molecule has 5 nitrogen and oxygen atoms in total. The second kappa shape index (κ2) is 5.69. The molecule has 0 atom stereocenters. The number of hydrogen-bond acceptors (Lipinski definition) is 2. The van der Waals surface area contributed by atoms with E-state index in [0.29, 0.717) is 16.2 Å². The number of imidazole rings is 1. The van der Waals surface area contributed by atoms with E-state index in [1.807, 2.05) is 12.1 Å². The van der Waals surface area contributed by atoms with Crippen LogP contribution in [-0.2, 0) is 18.3 Å². The summed E-state index contributed by atoms with van der Waals surface area (Å²) in [6, 6.07) is 12.5. The normalized spacial score (nSPS) is 10.8. The van der Waals surface area contributed by atoms with Gasteiger partial charge in [0.1, 0.15) is 0 Å². The number of hydrogen-bond donors (Lipinski definition) is 2. The second-order valence-electron chi connectivity index (χ2n) is 5.07. The molecule has 2 aromatic carbocycles. The maximum absolute atomic E-state index is 12.1. The minimum atomic E-state index is -0.181. The van der Waals surface area contributed by atoms with E-state index >= 15 is 0 Å². The van der Waals surface area contributed by atoms with Crippen molar-refractivity contribution in [2.45, 2.75) is 6.42 Å². The van der Waals surface area contributed by atoms with Crippen molar-refractivity contribution in [2.75, 3.05) is 5.32 Å². The van der Waals surface area contributed by atoms with E-state index in [1.54, 1.807) is 37.4 Å². The lowest BCUT2D eigenvalue weighted by molar-refractivity contribution is -0.115. The van der Waals surface area contributed by atoms with E-state index in [4.69, 9.17) is 11.6 Å². The molecule has 0 aliphatic heterocycles. The molecule has 0 aliphatic rings. The van der Waals surface area contributed by atoms with Gasteiger partial charge in [-0.3, -0.25) is 9.36 Å². The Hall–Kier alpha value is -2.53. The first-order valence-electron chi connectivity index (χ1n) is 6.76. The van der Waals surface area contributed by atoms with Crippen molar-refractivity contribution >= 4 is 34.2 Å². The molecular weight excluding hydrogens is 302 g/mol. The molecule has 6 heteroatoms. The van der Waals surface area contributed by atoms with Gasteiger partial charge in [0.15, 0.2) is 0 Å². The number of aryl methyl sites for hydroxylation is 1. The quantitative estimate of drug-likeness (QED) is 0.780. The predicted octanol–water partition coefficient (Wildman–Crippen LogP) is 2.70. The number of fused-ring (bicyclic) bond motifs is 1. The smallest absolute Gasteiger partial charge is 0.326 e. The number of halogens is 1. The van der Waals surface area contributed by atoms with Crippen LogP contribution in [0.25, 0.3) is 11.0 Å². The van der Waals surface area contributed by atoms with Gasteiger partial charge < -0.3 is 10.3 Å². The number of aromatic amines is 1. The summed E-state index contributed by atoms with van der Waals surface area (Å²) in [5.74, 6) is -0.125. The number of nitrogens with zero attached hydrogens (tertiary/aromatic N) is 1. The van der Waals surface area contributed by atoms with Crippen LogP contribution in [0.15, 0.2) is 47.3 Å². The highest BCUT2D eigenvalue weighted by Gasteiger charge is 2.07. The summed E-state index contributed by atoms with van der Waals surface area (Å²) in [4.78, 5) is 26.3. The zero-order valence-corrected chi connectivity index (χ0v) is 12.6. The van der Waals surface area contributed by atoms with E-state index in [2.05, 4.69) is 10.3 Å². The Bertz CT molecular complexity index is 894. The SMILES string of the molecule is Cn1c(=O)[nH]c2cc(NC(=O)Cc3ccc(Cl)cc3)ccc21. The molecule has 112 valence electrons. The van der Waals surface area contributed by atoms with Crippen LogP contribution < -0.4 is 11.0 Å².